The summed E-state index contributed by atoms with van der Waals surface area (Å²) in [6.45, 7) is 1.75. The van der Waals surface area contributed by atoms with E-state index in [0.717, 1.165) is 37.1 Å². The van der Waals surface area contributed by atoms with Crippen LogP contribution in [0.15, 0.2) is 54.6 Å². The molecule has 1 fully saturated rings. The SMILES string of the molecule is c1ccc(Oc2ccc(CCOCC3CCCCC3)cc2)cc1. The maximum Gasteiger partial charge on any atom is 0.127 e. The van der Waals surface area contributed by atoms with E-state index in [2.05, 4.69) is 12.1 Å². The van der Waals surface area contributed by atoms with Crippen molar-refractivity contribution in [1.29, 1.82) is 0 Å². The molecule has 0 radical (unpaired) electrons. The van der Waals surface area contributed by atoms with Gasteiger partial charge in [0, 0.05) is 6.61 Å². The molecule has 1 aliphatic rings. The smallest absolute Gasteiger partial charge is 0.127 e. The lowest BCUT2D eigenvalue weighted by atomic mass is 9.90. The van der Waals surface area contributed by atoms with Crippen molar-refractivity contribution >= 4 is 0 Å². The molecule has 3 rings (SSSR count). The first-order chi connectivity index (χ1) is 11.4. The van der Waals surface area contributed by atoms with Crippen LogP contribution in [-0.4, -0.2) is 13.2 Å². The highest BCUT2D eigenvalue weighted by atomic mass is 16.5. The van der Waals surface area contributed by atoms with Gasteiger partial charge in [-0.1, -0.05) is 49.6 Å². The molecule has 2 heteroatoms. The Balaban J connectivity index is 1.39. The first kappa shape index (κ1) is 16.1. The Labute approximate surface area is 139 Å². The highest BCUT2D eigenvalue weighted by molar-refractivity contribution is 5.32. The van der Waals surface area contributed by atoms with E-state index in [-0.39, 0.29) is 0 Å². The van der Waals surface area contributed by atoms with Crippen LogP contribution >= 0.6 is 0 Å². The Morgan fingerprint density at radius 1 is 0.783 bits per heavy atom. The van der Waals surface area contributed by atoms with Gasteiger partial charge in [-0.15, -0.1) is 0 Å². The Morgan fingerprint density at radius 2 is 1.48 bits per heavy atom. The molecule has 0 N–H and O–H groups in total. The van der Waals surface area contributed by atoms with Gasteiger partial charge >= 0.3 is 0 Å². The topological polar surface area (TPSA) is 18.5 Å². The summed E-state index contributed by atoms with van der Waals surface area (Å²) < 4.78 is 11.7. The van der Waals surface area contributed by atoms with Crippen LogP contribution in [0.25, 0.3) is 0 Å². The fraction of sp³-hybridized carbons (Fsp3) is 0.429. The van der Waals surface area contributed by atoms with Gasteiger partial charge < -0.3 is 9.47 Å². The summed E-state index contributed by atoms with van der Waals surface area (Å²) in [5.41, 5.74) is 1.30. The molecule has 23 heavy (non-hydrogen) atoms. The van der Waals surface area contributed by atoms with Crippen LogP contribution < -0.4 is 4.74 Å². The zero-order valence-electron chi connectivity index (χ0n) is 13.7. The van der Waals surface area contributed by atoms with Crippen LogP contribution in [0.5, 0.6) is 11.5 Å². The molecule has 122 valence electrons. The Bertz CT molecular complexity index is 556. The molecule has 0 spiro atoms. The Morgan fingerprint density at radius 3 is 2.22 bits per heavy atom. The number of ether oxygens (including phenoxy) is 2. The highest BCUT2D eigenvalue weighted by Crippen LogP contribution is 2.24. The van der Waals surface area contributed by atoms with Gasteiger partial charge in [0.1, 0.15) is 11.5 Å². The van der Waals surface area contributed by atoms with Gasteiger partial charge in [-0.3, -0.25) is 0 Å². The van der Waals surface area contributed by atoms with E-state index in [9.17, 15) is 0 Å². The third-order valence-corrected chi connectivity index (χ3v) is 4.52. The van der Waals surface area contributed by atoms with Crippen LogP contribution in [0.3, 0.4) is 0 Å². The molecular formula is C21H26O2. The van der Waals surface area contributed by atoms with Crippen molar-refractivity contribution in [3.8, 4) is 11.5 Å². The second-order valence-electron chi connectivity index (χ2n) is 6.39. The summed E-state index contributed by atoms with van der Waals surface area (Å²) in [4.78, 5) is 0. The van der Waals surface area contributed by atoms with Crippen molar-refractivity contribution in [1.82, 2.24) is 0 Å². The average Bonchev–Trinajstić information content (AvgIpc) is 2.62. The number of para-hydroxylation sites is 1. The lowest BCUT2D eigenvalue weighted by Gasteiger charge is -2.21. The van der Waals surface area contributed by atoms with Crippen molar-refractivity contribution in [2.24, 2.45) is 5.92 Å². The van der Waals surface area contributed by atoms with Gasteiger partial charge in [0.15, 0.2) is 0 Å². The fourth-order valence-corrected chi connectivity index (χ4v) is 3.14. The predicted octanol–water partition coefficient (Wildman–Crippen LogP) is 5.62. The van der Waals surface area contributed by atoms with E-state index in [0.29, 0.717) is 0 Å². The third kappa shape index (κ3) is 5.40. The summed E-state index contributed by atoms with van der Waals surface area (Å²) >= 11 is 0. The van der Waals surface area contributed by atoms with Crippen molar-refractivity contribution in [2.45, 2.75) is 38.5 Å². The monoisotopic (exact) mass is 310 g/mol. The van der Waals surface area contributed by atoms with E-state index in [1.54, 1.807) is 0 Å². The number of rotatable bonds is 7. The van der Waals surface area contributed by atoms with Gasteiger partial charge in [0.25, 0.3) is 0 Å². The summed E-state index contributed by atoms with van der Waals surface area (Å²) in [6.07, 6.45) is 7.86. The third-order valence-electron chi connectivity index (χ3n) is 4.52. The van der Waals surface area contributed by atoms with E-state index in [1.165, 1.54) is 37.7 Å². The first-order valence-corrected chi connectivity index (χ1v) is 8.80. The van der Waals surface area contributed by atoms with Crippen LogP contribution in [0.2, 0.25) is 0 Å². The summed E-state index contributed by atoms with van der Waals surface area (Å²) in [5, 5.41) is 0. The molecule has 0 atom stereocenters. The summed E-state index contributed by atoms with van der Waals surface area (Å²) in [5.74, 6) is 2.55. The van der Waals surface area contributed by atoms with Crippen LogP contribution in [0, 0.1) is 5.92 Å². The second-order valence-corrected chi connectivity index (χ2v) is 6.39. The molecule has 0 bridgehead atoms. The van der Waals surface area contributed by atoms with E-state index < -0.39 is 0 Å². The minimum Gasteiger partial charge on any atom is -0.457 e. The molecule has 2 nitrogen and oxygen atoms in total. The minimum atomic E-state index is 0.797. The molecule has 0 heterocycles. The zero-order chi connectivity index (χ0) is 15.7. The largest absolute Gasteiger partial charge is 0.457 e. The Hall–Kier alpha value is -1.80. The first-order valence-electron chi connectivity index (χ1n) is 8.80. The molecule has 1 saturated carbocycles. The van der Waals surface area contributed by atoms with Crippen molar-refractivity contribution in [3.05, 3.63) is 60.2 Å². The minimum absolute atomic E-state index is 0.797. The lowest BCUT2D eigenvalue weighted by molar-refractivity contribution is 0.0874. The fourth-order valence-electron chi connectivity index (χ4n) is 3.14. The molecule has 0 unspecified atom stereocenters. The van der Waals surface area contributed by atoms with Gasteiger partial charge in [0.05, 0.1) is 6.61 Å². The van der Waals surface area contributed by atoms with Crippen molar-refractivity contribution in [3.63, 3.8) is 0 Å². The zero-order valence-corrected chi connectivity index (χ0v) is 13.7. The number of hydrogen-bond acceptors (Lipinski definition) is 2. The quantitative estimate of drug-likeness (QED) is 0.618. The number of hydrogen-bond donors (Lipinski definition) is 0. The standard InChI is InChI=1S/C21H26O2/c1-3-7-19(8-4-1)17-22-16-15-18-11-13-21(14-12-18)23-20-9-5-2-6-10-20/h2,5-6,9-14,19H,1,3-4,7-8,15-17H2. The second kappa shape index (κ2) is 8.73. The van der Waals surface area contributed by atoms with Crippen LogP contribution in [-0.2, 0) is 11.2 Å². The number of benzene rings is 2. The van der Waals surface area contributed by atoms with E-state index in [4.69, 9.17) is 9.47 Å². The van der Waals surface area contributed by atoms with Crippen molar-refractivity contribution < 1.29 is 9.47 Å². The van der Waals surface area contributed by atoms with Gasteiger partial charge in [0.2, 0.25) is 0 Å². The predicted molar refractivity (Wildman–Crippen MR) is 94.1 cm³/mol. The molecule has 0 aliphatic heterocycles. The summed E-state index contributed by atoms with van der Waals surface area (Å²) in [7, 11) is 0. The summed E-state index contributed by atoms with van der Waals surface area (Å²) in [6, 6.07) is 18.2. The van der Waals surface area contributed by atoms with Crippen LogP contribution in [0.4, 0.5) is 0 Å². The van der Waals surface area contributed by atoms with Gasteiger partial charge in [-0.2, -0.15) is 0 Å². The molecule has 2 aromatic carbocycles. The molecular weight excluding hydrogens is 284 g/mol. The maximum atomic E-state index is 5.87. The van der Waals surface area contributed by atoms with Crippen molar-refractivity contribution in [2.75, 3.05) is 13.2 Å². The van der Waals surface area contributed by atoms with Crippen LogP contribution in [0.1, 0.15) is 37.7 Å². The normalized spacial score (nSPS) is 15.5. The Kier molecular flexibility index (Phi) is 6.10. The molecule has 1 aliphatic carbocycles. The average molecular weight is 310 g/mol. The van der Waals surface area contributed by atoms with Gasteiger partial charge in [-0.05, 0) is 55.0 Å². The maximum absolute atomic E-state index is 5.87. The molecule has 2 aromatic rings. The van der Waals surface area contributed by atoms with E-state index >= 15 is 0 Å². The lowest BCUT2D eigenvalue weighted by Crippen LogP contribution is -2.14. The highest BCUT2D eigenvalue weighted by Gasteiger charge is 2.12. The van der Waals surface area contributed by atoms with Gasteiger partial charge in [-0.25, -0.2) is 0 Å². The van der Waals surface area contributed by atoms with E-state index in [1.807, 2.05) is 42.5 Å². The molecule has 0 amide bonds. The molecule has 0 saturated heterocycles. The molecule has 0 aromatic heterocycles.